The minimum absolute atomic E-state index is 0.303. The molecule has 1 rings (SSSR count). The van der Waals surface area contributed by atoms with Crippen molar-refractivity contribution in [1.82, 2.24) is 5.32 Å². The van der Waals surface area contributed by atoms with Gasteiger partial charge in [-0.25, -0.2) is 0 Å². The van der Waals surface area contributed by atoms with Crippen molar-refractivity contribution in [2.24, 2.45) is 5.92 Å². The van der Waals surface area contributed by atoms with E-state index in [1.165, 1.54) is 22.3 Å². The molecule has 98 valence electrons. The van der Waals surface area contributed by atoms with Crippen molar-refractivity contribution in [3.63, 3.8) is 0 Å². The van der Waals surface area contributed by atoms with Crippen LogP contribution in [0.15, 0.2) is 43.0 Å². The summed E-state index contributed by atoms with van der Waals surface area (Å²) < 4.78 is 0. The highest BCUT2D eigenvalue weighted by Crippen LogP contribution is 2.25. The van der Waals surface area contributed by atoms with E-state index in [9.17, 15) is 0 Å². The van der Waals surface area contributed by atoms with Crippen LogP contribution in [-0.4, -0.2) is 13.1 Å². The Hall–Kier alpha value is -1.34. The summed E-state index contributed by atoms with van der Waals surface area (Å²) in [5.41, 5.74) is 4.96. The van der Waals surface area contributed by atoms with Crippen molar-refractivity contribution in [2.75, 3.05) is 7.05 Å². The largest absolute Gasteiger partial charge is 0.313 e. The lowest BCUT2D eigenvalue weighted by Crippen LogP contribution is -2.29. The molecular formula is C17H25N. The van der Waals surface area contributed by atoms with Gasteiger partial charge >= 0.3 is 0 Å². The summed E-state index contributed by atoms with van der Waals surface area (Å²) >= 11 is 0. The van der Waals surface area contributed by atoms with Gasteiger partial charge in [-0.05, 0) is 43.0 Å². The lowest BCUT2D eigenvalue weighted by atomic mass is 9.89. The van der Waals surface area contributed by atoms with Gasteiger partial charge in [0.1, 0.15) is 0 Å². The van der Waals surface area contributed by atoms with Crippen molar-refractivity contribution in [3.05, 3.63) is 54.1 Å². The molecule has 18 heavy (non-hydrogen) atoms. The minimum atomic E-state index is 0.303. The predicted octanol–water partition coefficient (Wildman–Crippen LogP) is 4.20. The predicted molar refractivity (Wildman–Crippen MR) is 81.7 cm³/mol. The summed E-state index contributed by atoms with van der Waals surface area (Å²) in [6, 6.07) is 8.71. The maximum absolute atomic E-state index is 4.23. The standard InChI is InChI=1S/C17H25N/c1-12(2)15(5)17(18-6)11-14(4)16-10-8-7-9-13(16)3/h7-10,12,17-18H,4-5,11H2,1-3,6H3. The molecule has 0 heterocycles. The first-order valence-corrected chi connectivity index (χ1v) is 6.57. The molecule has 0 aliphatic carbocycles. The Labute approximate surface area is 112 Å². The Morgan fingerprint density at radius 2 is 1.83 bits per heavy atom. The van der Waals surface area contributed by atoms with Gasteiger partial charge in [0.2, 0.25) is 0 Å². The van der Waals surface area contributed by atoms with E-state index < -0.39 is 0 Å². The molecule has 1 heteroatoms. The molecule has 0 bridgehead atoms. The van der Waals surface area contributed by atoms with E-state index in [1.807, 2.05) is 7.05 Å². The van der Waals surface area contributed by atoms with E-state index in [1.54, 1.807) is 0 Å². The quantitative estimate of drug-likeness (QED) is 0.738. The number of hydrogen-bond donors (Lipinski definition) is 1. The first-order valence-electron chi connectivity index (χ1n) is 6.57. The molecule has 0 aliphatic heterocycles. The average Bonchev–Trinajstić information content (AvgIpc) is 2.35. The zero-order valence-electron chi connectivity index (χ0n) is 12.1. The van der Waals surface area contributed by atoms with E-state index in [-0.39, 0.29) is 0 Å². The molecule has 1 unspecified atom stereocenters. The Morgan fingerprint density at radius 1 is 1.22 bits per heavy atom. The third-order valence-corrected chi connectivity index (χ3v) is 3.51. The number of benzene rings is 1. The first-order chi connectivity index (χ1) is 8.47. The zero-order chi connectivity index (χ0) is 13.7. The number of aryl methyl sites for hydroxylation is 1. The first kappa shape index (κ1) is 14.7. The lowest BCUT2D eigenvalue weighted by Gasteiger charge is -2.23. The second kappa shape index (κ2) is 6.55. The maximum Gasteiger partial charge on any atom is 0.0317 e. The normalized spacial score (nSPS) is 12.5. The van der Waals surface area contributed by atoms with E-state index in [2.05, 4.69) is 63.5 Å². The molecule has 1 aromatic carbocycles. The molecule has 0 aromatic heterocycles. The van der Waals surface area contributed by atoms with Gasteiger partial charge < -0.3 is 5.32 Å². The van der Waals surface area contributed by atoms with Gasteiger partial charge in [0.05, 0.1) is 0 Å². The summed E-state index contributed by atoms with van der Waals surface area (Å²) in [6.07, 6.45) is 0.915. The summed E-state index contributed by atoms with van der Waals surface area (Å²) in [5.74, 6) is 0.493. The molecule has 1 N–H and O–H groups in total. The van der Waals surface area contributed by atoms with Crippen molar-refractivity contribution in [2.45, 2.75) is 33.2 Å². The summed E-state index contributed by atoms with van der Waals surface area (Å²) in [4.78, 5) is 0. The summed E-state index contributed by atoms with van der Waals surface area (Å²) in [6.45, 7) is 14.9. The summed E-state index contributed by atoms with van der Waals surface area (Å²) in [5, 5.41) is 3.34. The Morgan fingerprint density at radius 3 is 2.33 bits per heavy atom. The van der Waals surface area contributed by atoms with Gasteiger partial charge in [-0.2, -0.15) is 0 Å². The van der Waals surface area contributed by atoms with E-state index in [0.717, 1.165) is 6.42 Å². The van der Waals surface area contributed by atoms with Crippen LogP contribution < -0.4 is 5.32 Å². The molecule has 0 aliphatic rings. The van der Waals surface area contributed by atoms with Gasteiger partial charge in [-0.3, -0.25) is 0 Å². The Balaban J connectivity index is 2.81. The number of likely N-dealkylation sites (N-methyl/N-ethyl adjacent to an activating group) is 1. The SMILES string of the molecule is C=C(CC(NC)C(=C)C(C)C)c1ccccc1C. The second-order valence-electron chi connectivity index (χ2n) is 5.19. The monoisotopic (exact) mass is 243 g/mol. The molecular weight excluding hydrogens is 218 g/mol. The van der Waals surface area contributed by atoms with Crippen LogP contribution in [0.3, 0.4) is 0 Å². The zero-order valence-corrected chi connectivity index (χ0v) is 12.1. The molecule has 1 atom stereocenters. The van der Waals surface area contributed by atoms with Gasteiger partial charge in [-0.15, -0.1) is 0 Å². The summed E-state index contributed by atoms with van der Waals surface area (Å²) in [7, 11) is 1.99. The molecule has 0 radical (unpaired) electrons. The fourth-order valence-electron chi connectivity index (χ4n) is 2.15. The Kier molecular flexibility index (Phi) is 5.36. The second-order valence-corrected chi connectivity index (χ2v) is 5.19. The van der Waals surface area contributed by atoms with Crippen LogP contribution in [0.5, 0.6) is 0 Å². The van der Waals surface area contributed by atoms with Crippen LogP contribution in [-0.2, 0) is 0 Å². The highest BCUT2D eigenvalue weighted by molar-refractivity contribution is 5.66. The third-order valence-electron chi connectivity index (χ3n) is 3.51. The highest BCUT2D eigenvalue weighted by atomic mass is 14.9. The van der Waals surface area contributed by atoms with Gasteiger partial charge in [-0.1, -0.05) is 56.8 Å². The molecule has 0 amide bonds. The third kappa shape index (κ3) is 3.58. The molecule has 1 aromatic rings. The maximum atomic E-state index is 4.23. The number of hydrogen-bond acceptors (Lipinski definition) is 1. The van der Waals surface area contributed by atoms with Crippen molar-refractivity contribution in [3.8, 4) is 0 Å². The highest BCUT2D eigenvalue weighted by Gasteiger charge is 2.15. The van der Waals surface area contributed by atoms with Crippen molar-refractivity contribution in [1.29, 1.82) is 0 Å². The number of nitrogens with one attached hydrogen (secondary N) is 1. The van der Waals surface area contributed by atoms with E-state index in [4.69, 9.17) is 0 Å². The molecule has 0 saturated heterocycles. The smallest absolute Gasteiger partial charge is 0.0317 e. The topological polar surface area (TPSA) is 12.0 Å². The van der Waals surface area contributed by atoms with Crippen LogP contribution in [0.2, 0.25) is 0 Å². The van der Waals surface area contributed by atoms with Crippen molar-refractivity contribution >= 4 is 5.57 Å². The molecule has 0 fully saturated rings. The average molecular weight is 243 g/mol. The fraction of sp³-hybridized carbons (Fsp3) is 0.412. The van der Waals surface area contributed by atoms with Gasteiger partial charge in [0.25, 0.3) is 0 Å². The van der Waals surface area contributed by atoms with Crippen molar-refractivity contribution < 1.29 is 0 Å². The van der Waals surface area contributed by atoms with Crippen LogP contribution in [0.4, 0.5) is 0 Å². The van der Waals surface area contributed by atoms with Crippen LogP contribution in [0.1, 0.15) is 31.4 Å². The van der Waals surface area contributed by atoms with Gasteiger partial charge in [0.15, 0.2) is 0 Å². The molecule has 1 nitrogen and oxygen atoms in total. The fourth-order valence-corrected chi connectivity index (χ4v) is 2.15. The Bertz CT molecular complexity index is 429. The molecule has 0 spiro atoms. The number of rotatable bonds is 6. The van der Waals surface area contributed by atoms with Crippen LogP contribution in [0, 0.1) is 12.8 Å². The van der Waals surface area contributed by atoms with Gasteiger partial charge in [0, 0.05) is 6.04 Å². The van der Waals surface area contributed by atoms with E-state index in [0.29, 0.717) is 12.0 Å². The van der Waals surface area contributed by atoms with Crippen LogP contribution >= 0.6 is 0 Å². The molecule has 0 saturated carbocycles. The lowest BCUT2D eigenvalue weighted by molar-refractivity contribution is 0.579. The minimum Gasteiger partial charge on any atom is -0.313 e. The van der Waals surface area contributed by atoms with E-state index >= 15 is 0 Å². The van der Waals surface area contributed by atoms with Crippen LogP contribution in [0.25, 0.3) is 5.57 Å².